The van der Waals surface area contributed by atoms with Gasteiger partial charge in [0, 0.05) is 0 Å². The summed E-state index contributed by atoms with van der Waals surface area (Å²) in [6.45, 7) is 6.68. The molecule has 0 unspecified atom stereocenters. The third-order valence-corrected chi connectivity index (χ3v) is 3.39. The Balaban J connectivity index is 2.40. The zero-order valence-electron chi connectivity index (χ0n) is 11.2. The molecule has 0 spiro atoms. The third-order valence-electron chi connectivity index (χ3n) is 3.39. The summed E-state index contributed by atoms with van der Waals surface area (Å²) in [4.78, 5) is 0. The average Bonchev–Trinajstić information content (AvgIpc) is 2.77. The summed E-state index contributed by atoms with van der Waals surface area (Å²) in [5.41, 5.74) is 4.48. The molecule has 2 rings (SSSR count). The maximum Gasteiger partial charge on any atom is 0.362 e. The van der Waals surface area contributed by atoms with E-state index in [2.05, 4.69) is 26.0 Å². The SMILES string of the molecule is C/C=C(C)\C(=C/CC)B1OCc2cc(F)ccc21. The van der Waals surface area contributed by atoms with Gasteiger partial charge in [0.25, 0.3) is 0 Å². The Morgan fingerprint density at radius 1 is 1.50 bits per heavy atom. The summed E-state index contributed by atoms with van der Waals surface area (Å²) in [7, 11) is 0. The van der Waals surface area contributed by atoms with Crippen molar-refractivity contribution < 1.29 is 9.04 Å². The molecular formula is C15H18BFO. The first-order valence-electron chi connectivity index (χ1n) is 6.40. The normalized spacial score (nSPS) is 16.1. The van der Waals surface area contributed by atoms with Gasteiger partial charge in [-0.05, 0) is 48.9 Å². The molecule has 18 heavy (non-hydrogen) atoms. The summed E-state index contributed by atoms with van der Waals surface area (Å²) < 4.78 is 19.0. The largest absolute Gasteiger partial charge is 0.423 e. The summed E-state index contributed by atoms with van der Waals surface area (Å²) in [6, 6.07) is 4.92. The molecule has 0 saturated carbocycles. The molecule has 1 aromatic rings. The lowest BCUT2D eigenvalue weighted by Gasteiger charge is -2.13. The van der Waals surface area contributed by atoms with Crippen LogP contribution in [0.3, 0.4) is 0 Å². The number of rotatable bonds is 3. The minimum atomic E-state index is -0.193. The van der Waals surface area contributed by atoms with Gasteiger partial charge in [-0.1, -0.05) is 30.7 Å². The molecule has 0 atom stereocenters. The van der Waals surface area contributed by atoms with Crippen molar-refractivity contribution in [2.24, 2.45) is 0 Å². The summed E-state index contributed by atoms with van der Waals surface area (Å²) >= 11 is 0. The number of allylic oxidation sites excluding steroid dienone is 4. The molecule has 0 saturated heterocycles. The Hall–Kier alpha value is -1.35. The first-order chi connectivity index (χ1) is 8.67. The Morgan fingerprint density at radius 2 is 2.28 bits per heavy atom. The number of fused-ring (bicyclic) bond motifs is 1. The van der Waals surface area contributed by atoms with Crippen LogP contribution in [0.2, 0.25) is 0 Å². The Bertz CT molecular complexity index is 505. The van der Waals surface area contributed by atoms with E-state index < -0.39 is 0 Å². The first-order valence-corrected chi connectivity index (χ1v) is 6.40. The van der Waals surface area contributed by atoms with E-state index in [4.69, 9.17) is 4.65 Å². The molecule has 1 nitrogen and oxygen atoms in total. The lowest BCUT2D eigenvalue weighted by Crippen LogP contribution is -2.31. The highest BCUT2D eigenvalue weighted by Crippen LogP contribution is 2.22. The van der Waals surface area contributed by atoms with Crippen LogP contribution in [0.5, 0.6) is 0 Å². The van der Waals surface area contributed by atoms with E-state index in [1.54, 1.807) is 6.07 Å². The molecule has 1 aliphatic rings. The molecule has 0 bridgehead atoms. The molecule has 0 N–H and O–H groups in total. The van der Waals surface area contributed by atoms with Gasteiger partial charge in [-0.2, -0.15) is 0 Å². The van der Waals surface area contributed by atoms with Crippen LogP contribution in [0.25, 0.3) is 0 Å². The molecule has 1 aromatic carbocycles. The van der Waals surface area contributed by atoms with E-state index in [0.717, 1.165) is 17.4 Å². The highest BCUT2D eigenvalue weighted by Gasteiger charge is 2.32. The molecule has 0 aliphatic carbocycles. The molecule has 0 aromatic heterocycles. The number of hydrogen-bond acceptors (Lipinski definition) is 1. The van der Waals surface area contributed by atoms with Crippen molar-refractivity contribution in [3.63, 3.8) is 0 Å². The molecule has 94 valence electrons. The Labute approximate surface area is 108 Å². The summed E-state index contributed by atoms with van der Waals surface area (Å²) in [5.74, 6) is -0.193. The van der Waals surface area contributed by atoms with Crippen LogP contribution in [0, 0.1) is 5.82 Å². The molecule has 3 heteroatoms. The van der Waals surface area contributed by atoms with Crippen LogP contribution in [0.4, 0.5) is 4.39 Å². The minimum Gasteiger partial charge on any atom is -0.423 e. The summed E-state index contributed by atoms with van der Waals surface area (Å²) in [6.07, 6.45) is 5.25. The van der Waals surface area contributed by atoms with E-state index in [0.29, 0.717) is 6.61 Å². The molecule has 0 amide bonds. The molecular weight excluding hydrogens is 226 g/mol. The third kappa shape index (κ3) is 2.41. The van der Waals surface area contributed by atoms with E-state index >= 15 is 0 Å². The van der Waals surface area contributed by atoms with Crippen molar-refractivity contribution in [3.8, 4) is 0 Å². The van der Waals surface area contributed by atoms with Crippen LogP contribution in [-0.2, 0) is 11.3 Å². The maximum absolute atomic E-state index is 13.2. The first kappa shape index (κ1) is 13.1. The maximum atomic E-state index is 13.2. The van der Waals surface area contributed by atoms with Crippen molar-refractivity contribution in [2.45, 2.75) is 33.8 Å². The number of benzene rings is 1. The van der Waals surface area contributed by atoms with Crippen LogP contribution in [0.15, 0.2) is 41.4 Å². The van der Waals surface area contributed by atoms with Gasteiger partial charge in [0.05, 0.1) is 6.61 Å². The molecule has 1 aliphatic heterocycles. The molecule has 0 radical (unpaired) electrons. The van der Waals surface area contributed by atoms with Gasteiger partial charge < -0.3 is 4.65 Å². The topological polar surface area (TPSA) is 9.23 Å². The van der Waals surface area contributed by atoms with E-state index in [1.807, 2.05) is 13.0 Å². The zero-order chi connectivity index (χ0) is 13.1. The summed E-state index contributed by atoms with van der Waals surface area (Å²) in [5, 5.41) is 0. The van der Waals surface area contributed by atoms with Crippen LogP contribution >= 0.6 is 0 Å². The van der Waals surface area contributed by atoms with Crippen LogP contribution < -0.4 is 5.46 Å². The highest BCUT2D eigenvalue weighted by atomic mass is 19.1. The van der Waals surface area contributed by atoms with Gasteiger partial charge in [-0.3, -0.25) is 0 Å². The van der Waals surface area contributed by atoms with Crippen molar-refractivity contribution in [3.05, 3.63) is 52.8 Å². The molecule has 1 heterocycles. The van der Waals surface area contributed by atoms with Crippen molar-refractivity contribution in [1.82, 2.24) is 0 Å². The van der Waals surface area contributed by atoms with Gasteiger partial charge >= 0.3 is 6.92 Å². The van der Waals surface area contributed by atoms with E-state index in [-0.39, 0.29) is 12.7 Å². The number of halogens is 1. The Morgan fingerprint density at radius 3 is 2.94 bits per heavy atom. The predicted molar refractivity (Wildman–Crippen MR) is 74.4 cm³/mol. The predicted octanol–water partition coefficient (Wildman–Crippen LogP) is 3.40. The van der Waals surface area contributed by atoms with Gasteiger partial charge in [0.15, 0.2) is 0 Å². The molecule has 0 fully saturated rings. The second kappa shape index (κ2) is 5.53. The minimum absolute atomic E-state index is 0.0447. The fourth-order valence-electron chi connectivity index (χ4n) is 2.34. The van der Waals surface area contributed by atoms with E-state index in [9.17, 15) is 4.39 Å². The van der Waals surface area contributed by atoms with Gasteiger partial charge in [0.2, 0.25) is 0 Å². The number of hydrogen-bond donors (Lipinski definition) is 0. The highest BCUT2D eigenvalue weighted by molar-refractivity contribution is 6.76. The van der Waals surface area contributed by atoms with Crippen LogP contribution in [-0.4, -0.2) is 6.92 Å². The average molecular weight is 244 g/mol. The van der Waals surface area contributed by atoms with Gasteiger partial charge in [0.1, 0.15) is 5.82 Å². The second-order valence-corrected chi connectivity index (χ2v) is 4.57. The van der Waals surface area contributed by atoms with Crippen molar-refractivity contribution >= 4 is 12.4 Å². The Kier molecular flexibility index (Phi) is 4.02. The van der Waals surface area contributed by atoms with E-state index in [1.165, 1.54) is 17.1 Å². The quantitative estimate of drug-likeness (QED) is 0.585. The van der Waals surface area contributed by atoms with Crippen molar-refractivity contribution in [1.29, 1.82) is 0 Å². The van der Waals surface area contributed by atoms with Crippen LogP contribution in [0.1, 0.15) is 32.8 Å². The lowest BCUT2D eigenvalue weighted by atomic mass is 9.53. The standard InChI is InChI=1S/C15H18BFO/c1-4-6-14(11(3)5-2)16-15-8-7-13(17)9-12(15)10-18-16/h5-9H,4,10H2,1-3H3/b11-5-,14-6+. The van der Waals surface area contributed by atoms with Gasteiger partial charge in [-0.25, -0.2) is 4.39 Å². The van der Waals surface area contributed by atoms with Gasteiger partial charge in [-0.15, -0.1) is 0 Å². The fraction of sp³-hybridized carbons (Fsp3) is 0.333. The fourth-order valence-corrected chi connectivity index (χ4v) is 2.34. The monoisotopic (exact) mass is 244 g/mol. The zero-order valence-corrected chi connectivity index (χ0v) is 11.2. The van der Waals surface area contributed by atoms with Crippen molar-refractivity contribution in [2.75, 3.05) is 0 Å². The second-order valence-electron chi connectivity index (χ2n) is 4.57. The smallest absolute Gasteiger partial charge is 0.362 e. The lowest BCUT2D eigenvalue weighted by molar-refractivity contribution is 0.334.